The first-order valence-electron chi connectivity index (χ1n) is 11.6. The van der Waals surface area contributed by atoms with Gasteiger partial charge < -0.3 is 24.4 Å². The van der Waals surface area contributed by atoms with Gasteiger partial charge in [0.05, 0.1) is 30.0 Å². The van der Waals surface area contributed by atoms with Crippen LogP contribution in [0.25, 0.3) is 0 Å². The van der Waals surface area contributed by atoms with Gasteiger partial charge in [-0.15, -0.1) is 0 Å². The predicted molar refractivity (Wildman–Crippen MR) is 141 cm³/mol. The van der Waals surface area contributed by atoms with Crippen molar-refractivity contribution in [2.24, 2.45) is 0 Å². The van der Waals surface area contributed by atoms with Crippen molar-refractivity contribution in [3.63, 3.8) is 0 Å². The summed E-state index contributed by atoms with van der Waals surface area (Å²) >= 11 is 5.37. The number of hydrogen-bond donors (Lipinski definition) is 2. The normalized spacial score (nSPS) is 12.9. The van der Waals surface area contributed by atoms with Gasteiger partial charge in [-0.05, 0) is 48.6 Å². The van der Waals surface area contributed by atoms with Crippen molar-refractivity contribution in [3.8, 4) is 11.5 Å². The molecule has 1 fully saturated rings. The summed E-state index contributed by atoms with van der Waals surface area (Å²) in [6.07, 6.45) is 0. The molecule has 0 spiro atoms. The number of anilines is 1. The first-order valence-corrected chi connectivity index (χ1v) is 12.0. The number of rotatable bonds is 8. The van der Waals surface area contributed by atoms with E-state index in [1.54, 1.807) is 53.4 Å². The van der Waals surface area contributed by atoms with Gasteiger partial charge in [0.25, 0.3) is 11.8 Å². The topological polar surface area (TPSA) is 89.1 Å². The lowest BCUT2D eigenvalue weighted by Crippen LogP contribution is -2.41. The van der Waals surface area contributed by atoms with Crippen LogP contribution in [-0.2, 0) is 4.74 Å². The summed E-state index contributed by atoms with van der Waals surface area (Å²) in [5, 5.41) is 5.73. The number of thiocarbonyl (C=S) groups is 1. The van der Waals surface area contributed by atoms with Crippen LogP contribution in [0.5, 0.6) is 11.5 Å². The molecule has 0 atom stereocenters. The Morgan fingerprint density at radius 3 is 2.25 bits per heavy atom. The Morgan fingerprint density at radius 2 is 1.47 bits per heavy atom. The van der Waals surface area contributed by atoms with Gasteiger partial charge >= 0.3 is 0 Å². The molecule has 4 rings (SSSR count). The van der Waals surface area contributed by atoms with E-state index in [2.05, 4.69) is 10.6 Å². The van der Waals surface area contributed by atoms with Crippen LogP contribution in [0.2, 0.25) is 0 Å². The van der Waals surface area contributed by atoms with E-state index in [-0.39, 0.29) is 17.6 Å². The maximum atomic E-state index is 13.0. The minimum atomic E-state index is -0.427. The number of nitrogens with zero attached hydrogens (tertiary/aromatic N) is 1. The number of ether oxygens (including phenoxy) is 3. The van der Waals surface area contributed by atoms with Crippen molar-refractivity contribution in [2.75, 3.05) is 44.8 Å². The molecule has 3 aromatic carbocycles. The second-order valence-corrected chi connectivity index (χ2v) is 8.27. The van der Waals surface area contributed by atoms with Crippen molar-refractivity contribution in [1.82, 2.24) is 10.2 Å². The molecule has 0 unspecified atom stereocenters. The lowest BCUT2D eigenvalue weighted by Gasteiger charge is -2.27. The lowest BCUT2D eigenvalue weighted by atomic mass is 10.1. The molecule has 1 aliphatic rings. The van der Waals surface area contributed by atoms with E-state index in [1.807, 2.05) is 30.3 Å². The quantitative estimate of drug-likeness (QED) is 0.356. The van der Waals surface area contributed by atoms with E-state index in [4.69, 9.17) is 26.4 Å². The van der Waals surface area contributed by atoms with Crippen molar-refractivity contribution in [1.29, 1.82) is 0 Å². The highest BCUT2D eigenvalue weighted by molar-refractivity contribution is 7.80. The van der Waals surface area contributed by atoms with Gasteiger partial charge in [0, 0.05) is 13.1 Å². The Bertz CT molecular complexity index is 1200. The molecule has 2 amide bonds. The van der Waals surface area contributed by atoms with Crippen molar-refractivity contribution < 1.29 is 23.8 Å². The molecule has 0 radical (unpaired) electrons. The van der Waals surface area contributed by atoms with Crippen molar-refractivity contribution in [3.05, 3.63) is 90.0 Å². The minimum absolute atomic E-state index is 0.0736. The van der Waals surface area contributed by atoms with Crippen LogP contribution in [-0.4, -0.2) is 61.3 Å². The minimum Gasteiger partial charge on any atom is -0.490 e. The second kappa shape index (κ2) is 12.7. The Balaban J connectivity index is 1.34. The summed E-state index contributed by atoms with van der Waals surface area (Å²) in [6, 6.07) is 23.4. The zero-order valence-corrected chi connectivity index (χ0v) is 20.5. The SMILES string of the molecule is O=C(NC(=S)Nc1ccccc1C(=O)N1CCOCC1)c1ccccc1OCCOc1ccccc1. The third-order valence-corrected chi connectivity index (χ3v) is 5.62. The summed E-state index contributed by atoms with van der Waals surface area (Å²) in [6.45, 7) is 2.67. The van der Waals surface area contributed by atoms with E-state index in [0.717, 1.165) is 5.75 Å². The fourth-order valence-corrected chi connectivity index (χ4v) is 3.85. The van der Waals surface area contributed by atoms with Gasteiger partial charge in [0.1, 0.15) is 24.7 Å². The smallest absolute Gasteiger partial charge is 0.261 e. The molecule has 1 saturated heterocycles. The summed E-state index contributed by atoms with van der Waals surface area (Å²) in [7, 11) is 0. The first kappa shape index (κ1) is 25.2. The molecule has 1 aliphatic heterocycles. The number of morpholine rings is 1. The third-order valence-electron chi connectivity index (χ3n) is 5.42. The summed E-state index contributed by atoms with van der Waals surface area (Å²) < 4.78 is 16.8. The fraction of sp³-hybridized carbons (Fsp3) is 0.222. The van der Waals surface area contributed by atoms with Gasteiger partial charge in [0.2, 0.25) is 0 Å². The maximum Gasteiger partial charge on any atom is 0.261 e. The highest BCUT2D eigenvalue weighted by Crippen LogP contribution is 2.20. The first-order chi connectivity index (χ1) is 17.6. The summed E-state index contributed by atoms with van der Waals surface area (Å²) in [5.74, 6) is 0.615. The molecule has 36 heavy (non-hydrogen) atoms. The molecule has 1 heterocycles. The lowest BCUT2D eigenvalue weighted by molar-refractivity contribution is 0.0303. The van der Waals surface area contributed by atoms with Crippen LogP contribution < -0.4 is 20.1 Å². The molecule has 2 N–H and O–H groups in total. The van der Waals surface area contributed by atoms with Gasteiger partial charge in [-0.1, -0.05) is 42.5 Å². The number of amides is 2. The van der Waals surface area contributed by atoms with Gasteiger partial charge in [-0.2, -0.15) is 0 Å². The van der Waals surface area contributed by atoms with Crippen LogP contribution >= 0.6 is 12.2 Å². The average Bonchev–Trinajstić information content (AvgIpc) is 2.92. The van der Waals surface area contributed by atoms with Gasteiger partial charge in [0.15, 0.2) is 5.11 Å². The number of nitrogens with one attached hydrogen (secondary N) is 2. The van der Waals surface area contributed by atoms with Crippen molar-refractivity contribution in [2.45, 2.75) is 0 Å². The number of para-hydroxylation sites is 3. The number of carbonyl (C=O) groups excluding carboxylic acids is 2. The Hall–Kier alpha value is -3.95. The molecule has 0 aromatic heterocycles. The van der Waals surface area contributed by atoms with E-state index in [9.17, 15) is 9.59 Å². The Kier molecular flexibility index (Phi) is 8.85. The van der Waals surface area contributed by atoms with Gasteiger partial charge in [-0.25, -0.2) is 0 Å². The number of carbonyl (C=O) groups is 2. The number of hydrogen-bond acceptors (Lipinski definition) is 6. The summed E-state index contributed by atoms with van der Waals surface area (Å²) in [4.78, 5) is 27.7. The molecular formula is C27H27N3O5S. The Labute approximate surface area is 215 Å². The van der Waals surface area contributed by atoms with Crippen molar-refractivity contribution >= 4 is 34.8 Å². The maximum absolute atomic E-state index is 13.0. The van der Waals surface area contributed by atoms with Crippen LogP contribution in [0.3, 0.4) is 0 Å². The van der Waals surface area contributed by atoms with E-state index >= 15 is 0 Å². The zero-order valence-electron chi connectivity index (χ0n) is 19.6. The van der Waals surface area contributed by atoms with E-state index < -0.39 is 5.91 Å². The number of benzene rings is 3. The fourth-order valence-electron chi connectivity index (χ4n) is 3.65. The van der Waals surface area contributed by atoms with E-state index in [1.165, 1.54) is 0 Å². The van der Waals surface area contributed by atoms with Gasteiger partial charge in [-0.3, -0.25) is 14.9 Å². The molecule has 0 saturated carbocycles. The molecule has 186 valence electrons. The molecule has 9 heteroatoms. The molecule has 8 nitrogen and oxygen atoms in total. The standard InChI is InChI=1S/C27H27N3O5S/c31-25(22-11-5-7-13-24(22)35-19-18-34-20-8-2-1-3-9-20)29-27(36)28-23-12-6-4-10-21(23)26(32)30-14-16-33-17-15-30/h1-13H,14-19H2,(H2,28,29,31,36). The largest absolute Gasteiger partial charge is 0.490 e. The molecule has 3 aromatic rings. The highest BCUT2D eigenvalue weighted by Gasteiger charge is 2.21. The second-order valence-electron chi connectivity index (χ2n) is 7.86. The molecule has 0 aliphatic carbocycles. The molecular weight excluding hydrogens is 478 g/mol. The zero-order chi connectivity index (χ0) is 25.2. The van der Waals surface area contributed by atoms with Crippen LogP contribution in [0.1, 0.15) is 20.7 Å². The van der Waals surface area contributed by atoms with Crippen LogP contribution in [0, 0.1) is 0 Å². The molecule has 0 bridgehead atoms. The van der Waals surface area contributed by atoms with E-state index in [0.29, 0.717) is 55.5 Å². The Morgan fingerprint density at radius 1 is 0.833 bits per heavy atom. The highest BCUT2D eigenvalue weighted by atomic mass is 32.1. The third kappa shape index (κ3) is 6.80. The van der Waals surface area contributed by atoms with Crippen LogP contribution in [0.15, 0.2) is 78.9 Å². The van der Waals surface area contributed by atoms with Crippen LogP contribution in [0.4, 0.5) is 5.69 Å². The average molecular weight is 506 g/mol. The predicted octanol–water partition coefficient (Wildman–Crippen LogP) is 3.74. The monoisotopic (exact) mass is 505 g/mol. The summed E-state index contributed by atoms with van der Waals surface area (Å²) in [5.41, 5.74) is 1.32.